The lowest BCUT2D eigenvalue weighted by molar-refractivity contribution is -0.144. The molecule has 0 aromatic heterocycles. The molecule has 1 N–H and O–H groups in total. The molecule has 0 bridgehead atoms. The first kappa shape index (κ1) is 20.3. The SMILES string of the molecule is COC(=O)[C@H]1[C@@H](C)[C@]1(C#N)C(=O)Nc1cccc(S(=O)(=O)N2CCCCC2)c1. The maximum Gasteiger partial charge on any atom is 0.311 e. The van der Waals surface area contributed by atoms with Crippen LogP contribution in [0.2, 0.25) is 0 Å². The van der Waals surface area contributed by atoms with Crippen LogP contribution in [-0.2, 0) is 24.3 Å². The average molecular weight is 405 g/mol. The average Bonchev–Trinajstić information content (AvgIpc) is 3.33. The number of carbonyl (C=O) groups excluding carboxylic acids is 2. The number of nitriles is 1. The summed E-state index contributed by atoms with van der Waals surface area (Å²) < 4.78 is 31.8. The third-order valence-electron chi connectivity index (χ3n) is 5.66. The van der Waals surface area contributed by atoms with Gasteiger partial charge in [0.15, 0.2) is 5.41 Å². The van der Waals surface area contributed by atoms with Gasteiger partial charge in [-0.3, -0.25) is 9.59 Å². The smallest absolute Gasteiger partial charge is 0.311 e. The van der Waals surface area contributed by atoms with E-state index in [1.165, 1.54) is 23.5 Å². The summed E-state index contributed by atoms with van der Waals surface area (Å²) in [6.45, 7) is 2.60. The van der Waals surface area contributed by atoms with Crippen LogP contribution in [0.3, 0.4) is 0 Å². The number of hydrogen-bond acceptors (Lipinski definition) is 6. The maximum atomic E-state index is 12.8. The lowest BCUT2D eigenvalue weighted by Gasteiger charge is -2.26. The summed E-state index contributed by atoms with van der Waals surface area (Å²) in [7, 11) is -2.43. The van der Waals surface area contributed by atoms with Crippen LogP contribution in [0.1, 0.15) is 26.2 Å². The second-order valence-electron chi connectivity index (χ2n) is 7.22. The number of methoxy groups -OCH3 is 1. The molecule has 3 rings (SSSR count). The molecule has 2 aliphatic rings. The van der Waals surface area contributed by atoms with E-state index in [1.807, 2.05) is 6.07 Å². The number of ether oxygens (including phenoxy) is 1. The van der Waals surface area contributed by atoms with Gasteiger partial charge in [-0.1, -0.05) is 19.4 Å². The standard InChI is InChI=1S/C19H23N3O5S/c1-13-16(17(23)27-2)19(13,12-20)18(24)21-14-7-6-8-15(11-14)28(25,26)22-9-4-3-5-10-22/h6-8,11,13,16H,3-5,9-10H2,1-2H3,(H,21,24)/t13-,16-,19+/m1/s1. The zero-order chi connectivity index (χ0) is 20.5. The molecule has 1 aliphatic carbocycles. The van der Waals surface area contributed by atoms with E-state index in [1.54, 1.807) is 19.1 Å². The summed E-state index contributed by atoms with van der Waals surface area (Å²) in [5.74, 6) is -2.55. The van der Waals surface area contributed by atoms with Crippen LogP contribution in [0.5, 0.6) is 0 Å². The molecular formula is C19H23N3O5S. The fourth-order valence-corrected chi connectivity index (χ4v) is 5.43. The topological polar surface area (TPSA) is 117 Å². The fourth-order valence-electron chi connectivity index (χ4n) is 3.87. The Morgan fingerprint density at radius 1 is 1.29 bits per heavy atom. The third kappa shape index (κ3) is 3.27. The van der Waals surface area contributed by atoms with Crippen molar-refractivity contribution in [2.75, 3.05) is 25.5 Å². The molecule has 2 fully saturated rings. The van der Waals surface area contributed by atoms with Crippen LogP contribution in [-0.4, -0.2) is 44.8 Å². The summed E-state index contributed by atoms with van der Waals surface area (Å²) in [6, 6.07) is 7.90. The van der Waals surface area contributed by atoms with Crippen molar-refractivity contribution < 1.29 is 22.7 Å². The molecule has 28 heavy (non-hydrogen) atoms. The highest BCUT2D eigenvalue weighted by Gasteiger charge is 2.72. The molecule has 0 spiro atoms. The monoisotopic (exact) mass is 405 g/mol. The van der Waals surface area contributed by atoms with Gasteiger partial charge in [0.1, 0.15) is 0 Å². The van der Waals surface area contributed by atoms with Gasteiger partial charge in [0.05, 0.1) is 24.0 Å². The minimum atomic E-state index is -3.64. The number of benzene rings is 1. The van der Waals surface area contributed by atoms with Crippen molar-refractivity contribution in [2.24, 2.45) is 17.3 Å². The molecule has 1 heterocycles. The molecule has 1 aromatic carbocycles. The zero-order valence-corrected chi connectivity index (χ0v) is 16.7. The number of esters is 1. The molecule has 1 amide bonds. The van der Waals surface area contributed by atoms with Gasteiger partial charge in [0.2, 0.25) is 15.9 Å². The fraction of sp³-hybridized carbons (Fsp3) is 0.526. The molecule has 1 saturated carbocycles. The van der Waals surface area contributed by atoms with Crippen LogP contribution in [0.4, 0.5) is 5.69 Å². The van der Waals surface area contributed by atoms with E-state index in [2.05, 4.69) is 10.1 Å². The van der Waals surface area contributed by atoms with E-state index in [4.69, 9.17) is 0 Å². The molecule has 150 valence electrons. The predicted octanol–water partition coefficient (Wildman–Crippen LogP) is 1.75. The highest BCUT2D eigenvalue weighted by atomic mass is 32.2. The second kappa shape index (κ2) is 7.53. The summed E-state index contributed by atoms with van der Waals surface area (Å²) in [4.78, 5) is 24.7. The Hall–Kier alpha value is -2.44. The second-order valence-corrected chi connectivity index (χ2v) is 9.15. The quantitative estimate of drug-likeness (QED) is 0.746. The highest BCUT2D eigenvalue weighted by molar-refractivity contribution is 7.89. The minimum Gasteiger partial charge on any atom is -0.469 e. The van der Waals surface area contributed by atoms with Crippen molar-refractivity contribution in [3.05, 3.63) is 24.3 Å². The van der Waals surface area contributed by atoms with E-state index in [-0.39, 0.29) is 10.6 Å². The van der Waals surface area contributed by atoms with Crippen LogP contribution in [0.15, 0.2) is 29.2 Å². The van der Waals surface area contributed by atoms with Crippen molar-refractivity contribution >= 4 is 27.6 Å². The summed E-state index contributed by atoms with van der Waals surface area (Å²) in [5.41, 5.74) is -1.24. The number of sulfonamides is 1. The first-order valence-corrected chi connectivity index (χ1v) is 10.6. The summed E-state index contributed by atoms with van der Waals surface area (Å²) >= 11 is 0. The summed E-state index contributed by atoms with van der Waals surface area (Å²) in [6.07, 6.45) is 2.66. The van der Waals surface area contributed by atoms with Gasteiger partial charge < -0.3 is 10.1 Å². The van der Waals surface area contributed by atoms with Crippen LogP contribution >= 0.6 is 0 Å². The van der Waals surface area contributed by atoms with E-state index >= 15 is 0 Å². The molecule has 8 nitrogen and oxygen atoms in total. The normalized spacial score (nSPS) is 27.5. The van der Waals surface area contributed by atoms with Crippen molar-refractivity contribution in [2.45, 2.75) is 31.1 Å². The molecule has 1 saturated heterocycles. The van der Waals surface area contributed by atoms with E-state index < -0.39 is 39.2 Å². The van der Waals surface area contributed by atoms with Gasteiger partial charge in [-0.2, -0.15) is 9.57 Å². The van der Waals surface area contributed by atoms with Gasteiger partial charge in [-0.05, 0) is 37.0 Å². The third-order valence-corrected chi connectivity index (χ3v) is 7.55. The minimum absolute atomic E-state index is 0.0894. The Labute approximate surface area is 164 Å². The highest BCUT2D eigenvalue weighted by Crippen LogP contribution is 2.59. The molecule has 3 atom stereocenters. The van der Waals surface area contributed by atoms with E-state index in [9.17, 15) is 23.3 Å². The Kier molecular flexibility index (Phi) is 5.46. The van der Waals surface area contributed by atoms with Crippen LogP contribution < -0.4 is 5.32 Å². The van der Waals surface area contributed by atoms with Crippen LogP contribution in [0, 0.1) is 28.6 Å². The molecular weight excluding hydrogens is 382 g/mol. The molecule has 0 unspecified atom stereocenters. The van der Waals surface area contributed by atoms with Crippen molar-refractivity contribution in [3.8, 4) is 6.07 Å². The summed E-state index contributed by atoms with van der Waals surface area (Å²) in [5, 5.41) is 12.1. The van der Waals surface area contributed by atoms with Crippen LogP contribution in [0.25, 0.3) is 0 Å². The number of nitrogens with one attached hydrogen (secondary N) is 1. The largest absolute Gasteiger partial charge is 0.469 e. The van der Waals surface area contributed by atoms with Crippen molar-refractivity contribution in [3.63, 3.8) is 0 Å². The number of hydrogen-bond donors (Lipinski definition) is 1. The van der Waals surface area contributed by atoms with Crippen molar-refractivity contribution in [1.82, 2.24) is 4.31 Å². The number of piperidine rings is 1. The molecule has 1 aliphatic heterocycles. The Morgan fingerprint density at radius 2 is 1.96 bits per heavy atom. The first-order valence-electron chi connectivity index (χ1n) is 9.19. The number of rotatable bonds is 5. The molecule has 1 aromatic rings. The van der Waals surface area contributed by atoms with E-state index in [0.29, 0.717) is 13.1 Å². The maximum absolute atomic E-state index is 12.8. The van der Waals surface area contributed by atoms with Gasteiger partial charge in [0, 0.05) is 18.8 Å². The Morgan fingerprint density at radius 3 is 2.57 bits per heavy atom. The van der Waals surface area contributed by atoms with Gasteiger partial charge >= 0.3 is 5.97 Å². The lowest BCUT2D eigenvalue weighted by atomic mass is 10.0. The number of nitrogens with zero attached hydrogens (tertiary/aromatic N) is 2. The number of anilines is 1. The lowest BCUT2D eigenvalue weighted by Crippen LogP contribution is -2.35. The van der Waals surface area contributed by atoms with Gasteiger partial charge in [0.25, 0.3) is 0 Å². The van der Waals surface area contributed by atoms with E-state index in [0.717, 1.165) is 19.3 Å². The number of amides is 1. The zero-order valence-electron chi connectivity index (χ0n) is 15.8. The van der Waals surface area contributed by atoms with Gasteiger partial charge in [-0.25, -0.2) is 8.42 Å². The Bertz CT molecular complexity index is 933. The number of carbonyl (C=O) groups is 2. The van der Waals surface area contributed by atoms with Gasteiger partial charge in [-0.15, -0.1) is 0 Å². The Balaban J connectivity index is 1.81. The molecule has 9 heteroatoms. The predicted molar refractivity (Wildman–Crippen MR) is 100 cm³/mol. The first-order chi connectivity index (χ1) is 13.3. The van der Waals surface area contributed by atoms with Crippen molar-refractivity contribution in [1.29, 1.82) is 5.26 Å². The molecule has 0 radical (unpaired) electrons.